The van der Waals surface area contributed by atoms with Crippen LogP contribution in [-0.2, 0) is 20.8 Å². The summed E-state index contributed by atoms with van der Waals surface area (Å²) in [7, 11) is 4.37. The number of hydrogen-bond acceptors (Lipinski definition) is 7. The predicted octanol–water partition coefficient (Wildman–Crippen LogP) is 3.87. The van der Waals surface area contributed by atoms with Gasteiger partial charge in [-0.3, -0.25) is 10.1 Å². The quantitative estimate of drug-likeness (QED) is 0.515. The summed E-state index contributed by atoms with van der Waals surface area (Å²) in [6, 6.07) is 11.8. The highest BCUT2D eigenvalue weighted by atomic mass is 35.5. The Labute approximate surface area is 193 Å². The van der Waals surface area contributed by atoms with Crippen molar-refractivity contribution in [1.29, 1.82) is 0 Å². The molecule has 0 unspecified atom stereocenters. The number of halogens is 1. The Bertz CT molecular complexity index is 934. The SMILES string of the molecule is COC(=O)OCC(C)(C)NC(=O)[C@@H](NCc1ccc(OC)cc1OC)c1ccccc1Cl. The third-order valence-corrected chi connectivity index (χ3v) is 4.99. The van der Waals surface area contributed by atoms with Gasteiger partial charge in [0.1, 0.15) is 24.1 Å². The van der Waals surface area contributed by atoms with Crippen molar-refractivity contribution in [2.45, 2.75) is 32.0 Å². The van der Waals surface area contributed by atoms with Crippen LogP contribution in [0.2, 0.25) is 5.02 Å². The lowest BCUT2D eigenvalue weighted by Gasteiger charge is -2.29. The van der Waals surface area contributed by atoms with Gasteiger partial charge in [0.25, 0.3) is 0 Å². The molecule has 9 heteroatoms. The Morgan fingerprint density at radius 2 is 1.78 bits per heavy atom. The molecule has 8 nitrogen and oxygen atoms in total. The Morgan fingerprint density at radius 1 is 1.06 bits per heavy atom. The van der Waals surface area contributed by atoms with Crippen LogP contribution in [-0.4, -0.2) is 45.5 Å². The van der Waals surface area contributed by atoms with Gasteiger partial charge in [-0.25, -0.2) is 4.79 Å². The first kappa shape index (κ1) is 25.3. The van der Waals surface area contributed by atoms with Crippen LogP contribution in [0.3, 0.4) is 0 Å². The van der Waals surface area contributed by atoms with E-state index in [-0.39, 0.29) is 12.5 Å². The number of amides is 1. The second-order valence-corrected chi connectivity index (χ2v) is 8.04. The zero-order valence-corrected chi connectivity index (χ0v) is 19.6. The molecule has 0 spiro atoms. The van der Waals surface area contributed by atoms with Gasteiger partial charge in [0, 0.05) is 23.2 Å². The Morgan fingerprint density at radius 3 is 2.41 bits per heavy atom. The van der Waals surface area contributed by atoms with E-state index in [1.165, 1.54) is 7.11 Å². The average molecular weight is 465 g/mol. The van der Waals surface area contributed by atoms with Gasteiger partial charge < -0.3 is 24.3 Å². The van der Waals surface area contributed by atoms with Crippen LogP contribution in [0.5, 0.6) is 11.5 Å². The van der Waals surface area contributed by atoms with Gasteiger partial charge in [-0.2, -0.15) is 0 Å². The third-order valence-electron chi connectivity index (χ3n) is 4.65. The maximum atomic E-state index is 13.2. The molecule has 2 aromatic carbocycles. The van der Waals surface area contributed by atoms with E-state index in [2.05, 4.69) is 15.4 Å². The zero-order chi connectivity index (χ0) is 23.7. The molecule has 0 saturated heterocycles. The molecule has 0 aromatic heterocycles. The highest BCUT2D eigenvalue weighted by molar-refractivity contribution is 6.31. The summed E-state index contributed by atoms with van der Waals surface area (Å²) in [4.78, 5) is 24.5. The lowest BCUT2D eigenvalue weighted by molar-refractivity contribution is -0.125. The van der Waals surface area contributed by atoms with Crippen LogP contribution in [0, 0.1) is 0 Å². The number of carbonyl (C=O) groups excluding carboxylic acids is 2. The van der Waals surface area contributed by atoms with Crippen molar-refractivity contribution < 1.29 is 28.5 Å². The molecule has 32 heavy (non-hydrogen) atoms. The summed E-state index contributed by atoms with van der Waals surface area (Å²) in [6.07, 6.45) is -0.820. The maximum Gasteiger partial charge on any atom is 0.508 e. The van der Waals surface area contributed by atoms with Crippen LogP contribution in [0.25, 0.3) is 0 Å². The van der Waals surface area contributed by atoms with Gasteiger partial charge in [-0.1, -0.05) is 35.9 Å². The molecule has 0 aliphatic heterocycles. The van der Waals surface area contributed by atoms with Crippen molar-refractivity contribution in [2.75, 3.05) is 27.9 Å². The summed E-state index contributed by atoms with van der Waals surface area (Å²) < 4.78 is 20.2. The number of methoxy groups -OCH3 is 3. The minimum atomic E-state index is -0.843. The van der Waals surface area contributed by atoms with E-state index in [1.54, 1.807) is 52.3 Å². The molecule has 2 aromatic rings. The van der Waals surface area contributed by atoms with Crippen LogP contribution >= 0.6 is 11.6 Å². The lowest BCUT2D eigenvalue weighted by atomic mass is 10.0. The van der Waals surface area contributed by atoms with Crippen molar-refractivity contribution in [3.63, 3.8) is 0 Å². The monoisotopic (exact) mass is 464 g/mol. The minimum Gasteiger partial charge on any atom is -0.497 e. The summed E-state index contributed by atoms with van der Waals surface area (Å²) in [6.45, 7) is 3.75. The summed E-state index contributed by atoms with van der Waals surface area (Å²) in [5.41, 5.74) is 0.611. The Kier molecular flexibility index (Phi) is 9.16. The van der Waals surface area contributed by atoms with E-state index < -0.39 is 17.7 Å². The molecular weight excluding hydrogens is 436 g/mol. The second kappa shape index (κ2) is 11.6. The van der Waals surface area contributed by atoms with Crippen LogP contribution in [0.1, 0.15) is 31.0 Å². The molecule has 0 bridgehead atoms. The van der Waals surface area contributed by atoms with Gasteiger partial charge in [0.15, 0.2) is 0 Å². The van der Waals surface area contributed by atoms with E-state index in [0.29, 0.717) is 28.6 Å². The number of hydrogen-bond donors (Lipinski definition) is 2. The minimum absolute atomic E-state index is 0.0625. The molecule has 0 saturated carbocycles. The van der Waals surface area contributed by atoms with Gasteiger partial charge in [-0.15, -0.1) is 0 Å². The highest BCUT2D eigenvalue weighted by Crippen LogP contribution is 2.27. The van der Waals surface area contributed by atoms with Gasteiger partial charge in [-0.05, 0) is 31.5 Å². The van der Waals surface area contributed by atoms with E-state index in [4.69, 9.17) is 25.8 Å². The third kappa shape index (κ3) is 7.03. The molecule has 2 N–H and O–H groups in total. The van der Waals surface area contributed by atoms with E-state index >= 15 is 0 Å². The van der Waals surface area contributed by atoms with E-state index in [1.807, 2.05) is 18.2 Å². The molecule has 1 atom stereocenters. The zero-order valence-electron chi connectivity index (χ0n) is 18.9. The van der Waals surface area contributed by atoms with E-state index in [9.17, 15) is 9.59 Å². The van der Waals surface area contributed by atoms with Crippen molar-refractivity contribution >= 4 is 23.7 Å². The van der Waals surface area contributed by atoms with Gasteiger partial charge in [0.2, 0.25) is 5.91 Å². The van der Waals surface area contributed by atoms with Crippen molar-refractivity contribution in [3.8, 4) is 11.5 Å². The van der Waals surface area contributed by atoms with Crippen LogP contribution in [0.4, 0.5) is 4.79 Å². The standard InChI is InChI=1S/C23H29ClN2O6/c1-23(2,14-32-22(28)31-5)26-21(27)20(17-8-6-7-9-18(17)24)25-13-15-10-11-16(29-3)12-19(15)30-4/h6-12,20,25H,13-14H2,1-5H3,(H,26,27)/t20-/m0/s1. The summed E-state index contributed by atoms with van der Waals surface area (Å²) >= 11 is 6.39. The smallest absolute Gasteiger partial charge is 0.497 e. The van der Waals surface area contributed by atoms with Crippen LogP contribution in [0.15, 0.2) is 42.5 Å². The number of carbonyl (C=O) groups is 2. The normalized spacial score (nSPS) is 11.9. The average Bonchev–Trinajstić information content (AvgIpc) is 2.78. The van der Waals surface area contributed by atoms with Crippen molar-refractivity contribution in [1.82, 2.24) is 10.6 Å². The van der Waals surface area contributed by atoms with Crippen molar-refractivity contribution in [2.24, 2.45) is 0 Å². The molecule has 0 radical (unpaired) electrons. The predicted molar refractivity (Wildman–Crippen MR) is 121 cm³/mol. The first-order valence-electron chi connectivity index (χ1n) is 9.92. The highest BCUT2D eigenvalue weighted by Gasteiger charge is 2.29. The Hall–Kier alpha value is -2.97. The summed E-state index contributed by atoms with van der Waals surface area (Å²) in [5, 5.41) is 6.60. The molecule has 0 aliphatic rings. The molecular formula is C23H29ClN2O6. The summed E-state index contributed by atoms with van der Waals surface area (Å²) in [5.74, 6) is 0.962. The first-order chi connectivity index (χ1) is 15.2. The number of ether oxygens (including phenoxy) is 4. The largest absolute Gasteiger partial charge is 0.508 e. The van der Waals surface area contributed by atoms with Crippen molar-refractivity contribution in [3.05, 3.63) is 58.6 Å². The topological polar surface area (TPSA) is 95.1 Å². The number of benzene rings is 2. The number of rotatable bonds is 10. The fraction of sp³-hybridized carbons (Fsp3) is 0.391. The molecule has 174 valence electrons. The Balaban J connectivity index is 2.23. The second-order valence-electron chi connectivity index (χ2n) is 7.63. The van der Waals surface area contributed by atoms with Crippen LogP contribution < -0.4 is 20.1 Å². The van der Waals surface area contributed by atoms with E-state index in [0.717, 1.165) is 5.56 Å². The molecule has 0 heterocycles. The fourth-order valence-electron chi connectivity index (χ4n) is 3.00. The van der Waals surface area contributed by atoms with Gasteiger partial charge >= 0.3 is 6.16 Å². The molecule has 0 fully saturated rings. The lowest BCUT2D eigenvalue weighted by Crippen LogP contribution is -2.51. The molecule has 2 rings (SSSR count). The fourth-order valence-corrected chi connectivity index (χ4v) is 3.25. The van der Waals surface area contributed by atoms with Gasteiger partial charge in [0.05, 0.1) is 26.9 Å². The molecule has 1 amide bonds. The first-order valence-corrected chi connectivity index (χ1v) is 10.3. The number of nitrogens with one attached hydrogen (secondary N) is 2. The molecule has 0 aliphatic carbocycles. The maximum absolute atomic E-state index is 13.2.